The number of aromatic nitrogens is 1. The van der Waals surface area contributed by atoms with Crippen LogP contribution in [-0.4, -0.2) is 15.4 Å². The van der Waals surface area contributed by atoms with Crippen molar-refractivity contribution < 1.29 is 8.78 Å². The highest BCUT2D eigenvalue weighted by Gasteiger charge is 2.48. The molecule has 0 spiro atoms. The van der Waals surface area contributed by atoms with Crippen LogP contribution in [0.5, 0.6) is 0 Å². The van der Waals surface area contributed by atoms with Crippen LogP contribution in [0.1, 0.15) is 34.8 Å². The third kappa shape index (κ3) is 3.20. The average Bonchev–Trinajstić information content (AvgIpc) is 3.42. The zero-order chi connectivity index (χ0) is 18.3. The summed E-state index contributed by atoms with van der Waals surface area (Å²) in [6, 6.07) is 9.01. The van der Waals surface area contributed by atoms with E-state index in [2.05, 4.69) is 9.98 Å². The lowest BCUT2D eigenvalue weighted by molar-refractivity contribution is 0.555. The molecule has 1 aromatic heterocycles. The van der Waals surface area contributed by atoms with Gasteiger partial charge < -0.3 is 5.73 Å². The lowest BCUT2D eigenvalue weighted by Crippen LogP contribution is -2.17. The molecule has 1 aliphatic heterocycles. The minimum atomic E-state index is -0.557. The molecule has 1 saturated carbocycles. The fourth-order valence-electron chi connectivity index (χ4n) is 3.08. The molecule has 2 heterocycles. The van der Waals surface area contributed by atoms with Crippen molar-refractivity contribution in [2.24, 2.45) is 16.6 Å². The highest BCUT2D eigenvalue weighted by atomic mass is 32.2. The Hall–Kier alpha value is -2.72. The van der Waals surface area contributed by atoms with E-state index < -0.39 is 5.83 Å². The lowest BCUT2D eigenvalue weighted by Gasteiger charge is -2.19. The molecule has 2 N–H and O–H groups in total. The number of pyridine rings is 1. The van der Waals surface area contributed by atoms with E-state index in [1.54, 1.807) is 6.07 Å². The van der Waals surface area contributed by atoms with E-state index in [0.29, 0.717) is 27.1 Å². The first-order chi connectivity index (χ1) is 12.5. The number of nitrogens with zero attached hydrogens (tertiary/aromatic N) is 3. The van der Waals surface area contributed by atoms with Crippen LogP contribution in [0.3, 0.4) is 0 Å². The van der Waals surface area contributed by atoms with E-state index in [-0.39, 0.29) is 23.5 Å². The Balaban J connectivity index is 1.65. The molecular weight excluding hydrogens is 354 g/mol. The van der Waals surface area contributed by atoms with E-state index in [9.17, 15) is 8.78 Å². The number of aliphatic imine (C=N–C) groups is 1. The quantitative estimate of drug-likeness (QED) is 0.887. The minimum Gasteiger partial charge on any atom is -0.379 e. The number of benzene rings is 1. The van der Waals surface area contributed by atoms with Gasteiger partial charge in [0.05, 0.1) is 17.3 Å². The molecule has 1 aromatic carbocycles. The highest BCUT2D eigenvalue weighted by Crippen LogP contribution is 2.54. The van der Waals surface area contributed by atoms with Crippen molar-refractivity contribution in [3.05, 3.63) is 64.7 Å². The third-order valence-corrected chi connectivity index (χ3v) is 5.68. The maximum atomic E-state index is 14.4. The molecule has 4 nitrogen and oxygen atoms in total. The van der Waals surface area contributed by atoms with Crippen molar-refractivity contribution in [1.82, 2.24) is 4.98 Å². The molecule has 0 saturated heterocycles. The summed E-state index contributed by atoms with van der Waals surface area (Å²) in [5.41, 5.74) is 7.27. The molecule has 4 rings (SSSR count). The van der Waals surface area contributed by atoms with Crippen LogP contribution in [0, 0.1) is 23.1 Å². The number of halogens is 2. The van der Waals surface area contributed by atoms with Crippen LogP contribution >= 0.6 is 11.8 Å². The number of rotatable bonds is 3. The Bertz CT molecular complexity index is 962. The Kier molecular flexibility index (Phi) is 4.21. The zero-order valence-electron chi connectivity index (χ0n) is 13.6. The first-order valence-electron chi connectivity index (χ1n) is 8.08. The van der Waals surface area contributed by atoms with Gasteiger partial charge in [-0.1, -0.05) is 17.8 Å². The maximum absolute atomic E-state index is 14.4. The molecule has 2 aliphatic rings. The summed E-state index contributed by atoms with van der Waals surface area (Å²) >= 11 is 1.54. The van der Waals surface area contributed by atoms with Crippen molar-refractivity contribution in [3.63, 3.8) is 0 Å². The van der Waals surface area contributed by atoms with E-state index in [4.69, 9.17) is 11.0 Å². The van der Waals surface area contributed by atoms with Gasteiger partial charge in [-0.25, -0.2) is 8.78 Å². The van der Waals surface area contributed by atoms with E-state index in [1.807, 2.05) is 6.07 Å². The zero-order valence-corrected chi connectivity index (χ0v) is 14.4. The van der Waals surface area contributed by atoms with Crippen molar-refractivity contribution in [2.45, 2.75) is 17.7 Å². The summed E-state index contributed by atoms with van der Waals surface area (Å²) in [5.74, 6) is -0.636. The molecule has 0 bridgehead atoms. The van der Waals surface area contributed by atoms with Crippen molar-refractivity contribution in [2.75, 3.05) is 0 Å². The fourth-order valence-corrected chi connectivity index (χ4v) is 4.20. The van der Waals surface area contributed by atoms with E-state index in [1.165, 1.54) is 48.3 Å². The molecule has 3 atom stereocenters. The van der Waals surface area contributed by atoms with Crippen LogP contribution in [0.15, 0.2) is 41.5 Å². The van der Waals surface area contributed by atoms with Gasteiger partial charge in [-0.05, 0) is 48.2 Å². The number of thioether (sulfide) groups is 1. The second-order valence-electron chi connectivity index (χ2n) is 6.29. The molecular formula is C19H14F2N4S. The summed E-state index contributed by atoms with van der Waals surface area (Å²) in [6.45, 7) is 0. The standard InChI is InChI=1S/C19H14F2N4S/c20-14-3-1-10(6-15(21)16-4-2-11(8-22)9-24-16)5-12(14)18-13-7-17(13)26-19(23)25-18/h1-6,9,13,17-18H,7H2,(H2,23,25)/b15-6-/t13-,17?,18?/m1/s1. The smallest absolute Gasteiger partial charge is 0.154 e. The third-order valence-electron chi connectivity index (χ3n) is 4.49. The molecule has 0 radical (unpaired) electrons. The topological polar surface area (TPSA) is 75.1 Å². The normalized spacial score (nSPS) is 24.4. The minimum absolute atomic E-state index is 0.119. The average molecular weight is 368 g/mol. The molecule has 7 heteroatoms. The summed E-state index contributed by atoms with van der Waals surface area (Å²) in [6.07, 6.45) is 3.57. The molecule has 2 aromatic rings. The number of nitrogens with two attached hydrogens (primary N) is 1. The van der Waals surface area contributed by atoms with Crippen molar-refractivity contribution >= 4 is 28.8 Å². The monoisotopic (exact) mass is 368 g/mol. The molecule has 26 heavy (non-hydrogen) atoms. The lowest BCUT2D eigenvalue weighted by atomic mass is 9.99. The molecule has 1 aliphatic carbocycles. The van der Waals surface area contributed by atoms with Crippen molar-refractivity contribution in [3.8, 4) is 6.07 Å². The number of hydrogen-bond donors (Lipinski definition) is 1. The van der Waals surface area contributed by atoms with Crippen molar-refractivity contribution in [1.29, 1.82) is 5.26 Å². The molecule has 130 valence electrons. The second kappa shape index (κ2) is 6.54. The van der Waals surface area contributed by atoms with Crippen LogP contribution in [-0.2, 0) is 0 Å². The van der Waals surface area contributed by atoms with E-state index >= 15 is 0 Å². The van der Waals surface area contributed by atoms with Gasteiger partial charge in [0.15, 0.2) is 5.17 Å². The number of hydrogen-bond acceptors (Lipinski definition) is 5. The Morgan fingerprint density at radius 3 is 2.92 bits per heavy atom. The molecule has 1 fully saturated rings. The van der Waals surface area contributed by atoms with Crippen LogP contribution in [0.2, 0.25) is 0 Å². The summed E-state index contributed by atoms with van der Waals surface area (Å²) in [4.78, 5) is 8.32. The van der Waals surface area contributed by atoms with Gasteiger partial charge in [-0.15, -0.1) is 0 Å². The fraction of sp³-hybridized carbons (Fsp3) is 0.211. The number of nitriles is 1. The Labute approximate surface area is 153 Å². The Morgan fingerprint density at radius 2 is 2.19 bits per heavy atom. The van der Waals surface area contributed by atoms with Gasteiger partial charge >= 0.3 is 0 Å². The van der Waals surface area contributed by atoms with Gasteiger partial charge in [-0.3, -0.25) is 9.98 Å². The first kappa shape index (κ1) is 16.7. The maximum Gasteiger partial charge on any atom is 0.154 e. The van der Waals surface area contributed by atoms with E-state index in [0.717, 1.165) is 6.42 Å². The first-order valence-corrected chi connectivity index (χ1v) is 8.96. The SMILES string of the molecule is N#Cc1ccc(/C(F)=C/c2ccc(F)c(C3N=C(N)SC4C[C@H]43)c2)nc1. The van der Waals surface area contributed by atoms with Crippen LogP contribution in [0.4, 0.5) is 8.78 Å². The summed E-state index contributed by atoms with van der Waals surface area (Å²) in [7, 11) is 0. The Morgan fingerprint density at radius 1 is 1.35 bits per heavy atom. The summed E-state index contributed by atoms with van der Waals surface area (Å²) < 4.78 is 28.8. The van der Waals surface area contributed by atoms with Crippen LogP contribution < -0.4 is 5.73 Å². The number of amidine groups is 1. The second-order valence-corrected chi connectivity index (χ2v) is 7.54. The van der Waals surface area contributed by atoms with Gasteiger partial charge in [0.25, 0.3) is 0 Å². The van der Waals surface area contributed by atoms with Gasteiger partial charge in [0.2, 0.25) is 0 Å². The predicted molar refractivity (Wildman–Crippen MR) is 98.2 cm³/mol. The number of fused-ring (bicyclic) bond motifs is 1. The molecule has 0 amide bonds. The van der Waals surface area contributed by atoms with Crippen LogP contribution in [0.25, 0.3) is 11.9 Å². The highest BCUT2D eigenvalue weighted by molar-refractivity contribution is 8.14. The summed E-state index contributed by atoms with van der Waals surface area (Å²) in [5, 5.41) is 9.64. The van der Waals surface area contributed by atoms with Gasteiger partial charge in [0.1, 0.15) is 17.7 Å². The van der Waals surface area contributed by atoms with Gasteiger partial charge in [-0.2, -0.15) is 5.26 Å². The largest absolute Gasteiger partial charge is 0.379 e. The van der Waals surface area contributed by atoms with Gasteiger partial charge in [0, 0.05) is 17.0 Å². The molecule has 2 unspecified atom stereocenters. The predicted octanol–water partition coefficient (Wildman–Crippen LogP) is 4.05.